The molecular formula is C15H16N2O3S. The van der Waals surface area contributed by atoms with Gasteiger partial charge in [-0.25, -0.2) is 0 Å². The van der Waals surface area contributed by atoms with Crippen LogP contribution in [0.15, 0.2) is 47.4 Å². The lowest BCUT2D eigenvalue weighted by Crippen LogP contribution is -2.04. The standard InChI is InChI=1S/C15H16N2O3S/c1-11-10-13(6-7-14(11)16)21(20)9-8-12-4-2-3-5-15(12)17(18)19/h2-7,10H,8-9,16H2,1H3. The molecule has 0 spiro atoms. The monoisotopic (exact) mass is 304 g/mol. The Balaban J connectivity index is 2.11. The second kappa shape index (κ2) is 6.49. The van der Waals surface area contributed by atoms with Crippen LogP contribution in [0.2, 0.25) is 0 Å². The molecule has 0 fully saturated rings. The Morgan fingerprint density at radius 1 is 1.24 bits per heavy atom. The molecule has 2 aromatic carbocycles. The van der Waals surface area contributed by atoms with Crippen LogP contribution in [-0.4, -0.2) is 14.9 Å². The van der Waals surface area contributed by atoms with Crippen molar-refractivity contribution in [3.63, 3.8) is 0 Å². The van der Waals surface area contributed by atoms with Crippen LogP contribution in [0.3, 0.4) is 0 Å². The number of nitro groups is 1. The largest absolute Gasteiger partial charge is 0.399 e. The van der Waals surface area contributed by atoms with Gasteiger partial charge in [0.25, 0.3) is 5.69 Å². The van der Waals surface area contributed by atoms with E-state index in [1.807, 2.05) is 6.92 Å². The number of nitrogen functional groups attached to an aromatic ring is 1. The summed E-state index contributed by atoms with van der Waals surface area (Å²) in [5, 5.41) is 10.9. The Kier molecular flexibility index (Phi) is 4.70. The summed E-state index contributed by atoms with van der Waals surface area (Å²) in [6.45, 7) is 1.86. The summed E-state index contributed by atoms with van der Waals surface area (Å²) in [5.74, 6) is 0.341. The molecule has 0 saturated heterocycles. The van der Waals surface area contributed by atoms with Crippen LogP contribution >= 0.6 is 0 Å². The average Bonchev–Trinajstić information content (AvgIpc) is 2.47. The maximum Gasteiger partial charge on any atom is 0.272 e. The van der Waals surface area contributed by atoms with Gasteiger partial charge < -0.3 is 5.73 Å². The molecule has 0 heterocycles. The molecule has 1 atom stereocenters. The molecule has 2 aromatic rings. The number of para-hydroxylation sites is 1. The summed E-state index contributed by atoms with van der Waals surface area (Å²) < 4.78 is 12.3. The molecule has 0 radical (unpaired) electrons. The molecule has 1 unspecified atom stereocenters. The van der Waals surface area contributed by atoms with Gasteiger partial charge in [0, 0.05) is 28.0 Å². The van der Waals surface area contributed by atoms with Crippen molar-refractivity contribution in [1.29, 1.82) is 0 Å². The van der Waals surface area contributed by atoms with Gasteiger partial charge in [0.05, 0.1) is 15.7 Å². The van der Waals surface area contributed by atoms with E-state index in [2.05, 4.69) is 0 Å². The second-order valence-electron chi connectivity index (χ2n) is 4.70. The van der Waals surface area contributed by atoms with Gasteiger partial charge in [0.1, 0.15) is 0 Å². The van der Waals surface area contributed by atoms with Crippen molar-refractivity contribution in [2.24, 2.45) is 0 Å². The third-order valence-corrected chi connectivity index (χ3v) is 4.60. The fraction of sp³-hybridized carbons (Fsp3) is 0.200. The Labute approximate surface area is 125 Å². The second-order valence-corrected chi connectivity index (χ2v) is 6.27. The highest BCUT2D eigenvalue weighted by Gasteiger charge is 2.14. The van der Waals surface area contributed by atoms with E-state index in [4.69, 9.17) is 5.73 Å². The van der Waals surface area contributed by atoms with Crippen LogP contribution in [0.25, 0.3) is 0 Å². The number of hydrogen-bond donors (Lipinski definition) is 1. The molecule has 0 aliphatic rings. The quantitative estimate of drug-likeness (QED) is 0.523. The van der Waals surface area contributed by atoms with E-state index in [0.29, 0.717) is 28.3 Å². The third kappa shape index (κ3) is 3.66. The van der Waals surface area contributed by atoms with E-state index < -0.39 is 15.7 Å². The van der Waals surface area contributed by atoms with E-state index in [1.165, 1.54) is 6.07 Å². The lowest BCUT2D eigenvalue weighted by atomic mass is 10.1. The number of benzene rings is 2. The van der Waals surface area contributed by atoms with Crippen LogP contribution in [0, 0.1) is 17.0 Å². The van der Waals surface area contributed by atoms with E-state index in [-0.39, 0.29) is 5.69 Å². The normalized spacial score (nSPS) is 12.0. The van der Waals surface area contributed by atoms with Crippen molar-refractivity contribution < 1.29 is 9.13 Å². The lowest BCUT2D eigenvalue weighted by molar-refractivity contribution is -0.385. The number of anilines is 1. The molecule has 110 valence electrons. The summed E-state index contributed by atoms with van der Waals surface area (Å²) in [6, 6.07) is 11.8. The summed E-state index contributed by atoms with van der Waals surface area (Å²) in [6.07, 6.45) is 0.396. The molecule has 0 bridgehead atoms. The Morgan fingerprint density at radius 2 is 1.95 bits per heavy atom. The minimum atomic E-state index is -1.20. The number of hydrogen-bond acceptors (Lipinski definition) is 4. The first kappa shape index (κ1) is 15.2. The zero-order chi connectivity index (χ0) is 15.4. The van der Waals surface area contributed by atoms with Gasteiger partial charge in [-0.3, -0.25) is 14.3 Å². The number of nitrogens with zero attached hydrogens (tertiary/aromatic N) is 1. The molecule has 0 aliphatic heterocycles. The molecule has 21 heavy (non-hydrogen) atoms. The van der Waals surface area contributed by atoms with Crippen molar-refractivity contribution in [2.45, 2.75) is 18.2 Å². The summed E-state index contributed by atoms with van der Waals surface area (Å²) in [4.78, 5) is 11.2. The molecular weight excluding hydrogens is 288 g/mol. The molecule has 5 nitrogen and oxygen atoms in total. The zero-order valence-corrected chi connectivity index (χ0v) is 12.4. The molecule has 0 aliphatic carbocycles. The van der Waals surface area contributed by atoms with Gasteiger partial charge in [-0.15, -0.1) is 0 Å². The minimum absolute atomic E-state index is 0.0722. The highest BCUT2D eigenvalue weighted by atomic mass is 32.2. The minimum Gasteiger partial charge on any atom is -0.399 e. The molecule has 0 amide bonds. The first-order valence-electron chi connectivity index (χ1n) is 6.46. The SMILES string of the molecule is Cc1cc(S(=O)CCc2ccccc2[N+](=O)[O-])ccc1N. The van der Waals surface area contributed by atoms with Crippen LogP contribution in [-0.2, 0) is 17.2 Å². The van der Waals surface area contributed by atoms with E-state index in [1.54, 1.807) is 36.4 Å². The van der Waals surface area contributed by atoms with Crippen molar-refractivity contribution in [2.75, 3.05) is 11.5 Å². The van der Waals surface area contributed by atoms with Gasteiger partial charge in [-0.05, 0) is 37.1 Å². The Morgan fingerprint density at radius 3 is 2.62 bits per heavy atom. The highest BCUT2D eigenvalue weighted by molar-refractivity contribution is 7.85. The number of nitrogens with two attached hydrogens (primary N) is 1. The van der Waals surface area contributed by atoms with Crippen molar-refractivity contribution in [3.05, 3.63) is 63.7 Å². The van der Waals surface area contributed by atoms with Crippen LogP contribution < -0.4 is 5.73 Å². The Bertz CT molecular complexity index is 701. The molecule has 2 N–H and O–H groups in total. The average molecular weight is 304 g/mol. The predicted molar refractivity (Wildman–Crippen MR) is 83.7 cm³/mol. The first-order chi connectivity index (χ1) is 9.99. The van der Waals surface area contributed by atoms with Crippen molar-refractivity contribution in [1.82, 2.24) is 0 Å². The van der Waals surface area contributed by atoms with Crippen molar-refractivity contribution >= 4 is 22.2 Å². The maximum absolute atomic E-state index is 12.3. The topological polar surface area (TPSA) is 86.2 Å². The molecule has 0 saturated carbocycles. The molecule has 6 heteroatoms. The number of rotatable bonds is 5. The van der Waals surface area contributed by atoms with Crippen LogP contribution in [0.1, 0.15) is 11.1 Å². The highest BCUT2D eigenvalue weighted by Crippen LogP contribution is 2.20. The van der Waals surface area contributed by atoms with Gasteiger partial charge in [-0.1, -0.05) is 18.2 Å². The van der Waals surface area contributed by atoms with E-state index >= 15 is 0 Å². The van der Waals surface area contributed by atoms with Crippen LogP contribution in [0.5, 0.6) is 0 Å². The van der Waals surface area contributed by atoms with Gasteiger partial charge in [-0.2, -0.15) is 0 Å². The number of nitro benzene ring substituents is 1. The van der Waals surface area contributed by atoms with Gasteiger partial charge in [0.2, 0.25) is 0 Å². The number of aryl methyl sites for hydroxylation is 2. The summed E-state index contributed by atoms with van der Waals surface area (Å²) in [5.41, 5.74) is 7.95. The van der Waals surface area contributed by atoms with Gasteiger partial charge >= 0.3 is 0 Å². The van der Waals surface area contributed by atoms with E-state index in [9.17, 15) is 14.3 Å². The maximum atomic E-state index is 12.3. The van der Waals surface area contributed by atoms with Gasteiger partial charge in [0.15, 0.2) is 0 Å². The fourth-order valence-corrected chi connectivity index (χ4v) is 3.18. The molecule has 0 aromatic heterocycles. The first-order valence-corrected chi connectivity index (χ1v) is 7.77. The Hall–Kier alpha value is -2.21. The van der Waals surface area contributed by atoms with Crippen LogP contribution in [0.4, 0.5) is 11.4 Å². The smallest absolute Gasteiger partial charge is 0.272 e. The van der Waals surface area contributed by atoms with Crippen molar-refractivity contribution in [3.8, 4) is 0 Å². The summed E-state index contributed by atoms with van der Waals surface area (Å²) >= 11 is 0. The lowest BCUT2D eigenvalue weighted by Gasteiger charge is -2.06. The third-order valence-electron chi connectivity index (χ3n) is 3.25. The van der Waals surface area contributed by atoms with E-state index in [0.717, 1.165) is 5.56 Å². The predicted octanol–water partition coefficient (Wildman–Crippen LogP) is 2.84. The molecule has 2 rings (SSSR count). The summed E-state index contributed by atoms with van der Waals surface area (Å²) in [7, 11) is -1.20. The zero-order valence-electron chi connectivity index (χ0n) is 11.6. The fourth-order valence-electron chi connectivity index (χ4n) is 2.01.